The van der Waals surface area contributed by atoms with Crippen LogP contribution in [0.5, 0.6) is 0 Å². The number of rotatable bonds is 15. The Morgan fingerprint density at radius 2 is 1.09 bits per heavy atom. The number of hydrogen-bond acceptors (Lipinski definition) is 6. The molecule has 0 N–H and O–H groups in total. The van der Waals surface area contributed by atoms with Crippen molar-refractivity contribution in [3.8, 4) is 11.1 Å². The highest BCUT2D eigenvalue weighted by atomic mass is 31.2. The second-order valence-electron chi connectivity index (χ2n) is 9.22. The minimum absolute atomic E-state index is 0.236. The highest BCUT2D eigenvalue weighted by Gasteiger charge is 2.31. The molecule has 0 saturated carbocycles. The lowest BCUT2D eigenvalue weighted by Gasteiger charge is -2.18. The summed E-state index contributed by atoms with van der Waals surface area (Å²) in [7, 11) is -0.609. The molecule has 0 heterocycles. The number of fused-ring (bicyclic) bond motifs is 3. The fourth-order valence-electron chi connectivity index (χ4n) is 4.95. The second kappa shape index (κ2) is 12.8. The monoisotopic (exact) mass is 522 g/mol. The van der Waals surface area contributed by atoms with Gasteiger partial charge in [0.2, 0.25) is 0 Å². The average molecular weight is 523 g/mol. The van der Waals surface area contributed by atoms with Gasteiger partial charge in [-0.2, -0.15) is 0 Å². The summed E-state index contributed by atoms with van der Waals surface area (Å²) in [6, 6.07) is 12.6. The summed E-state index contributed by atoms with van der Waals surface area (Å²) < 4.78 is 46.2. The molecule has 1 aliphatic carbocycles. The number of hydrogen-bond donors (Lipinski definition) is 0. The summed E-state index contributed by atoms with van der Waals surface area (Å²) in [6.07, 6.45) is 8.96. The smallest absolute Gasteiger partial charge is 0.312 e. The fraction of sp³-hybridized carbons (Fsp3) is 0.556. The first kappa shape index (κ1) is 28.3. The molecule has 0 aliphatic heterocycles. The quantitative estimate of drug-likeness (QED) is 0.172. The summed E-state index contributed by atoms with van der Waals surface area (Å²) in [6.45, 7) is 2.24. The van der Waals surface area contributed by atoms with E-state index in [0.29, 0.717) is 0 Å². The van der Waals surface area contributed by atoms with Crippen molar-refractivity contribution in [3.63, 3.8) is 0 Å². The van der Waals surface area contributed by atoms with Crippen LogP contribution in [-0.2, 0) is 39.5 Å². The van der Waals surface area contributed by atoms with Crippen molar-refractivity contribution >= 4 is 15.2 Å². The maximum Gasteiger partial charge on any atom is 0.334 e. The van der Waals surface area contributed by atoms with Crippen LogP contribution in [0.3, 0.4) is 0 Å². The van der Waals surface area contributed by atoms with Crippen molar-refractivity contribution in [2.45, 2.75) is 70.1 Å². The van der Waals surface area contributed by atoms with Crippen LogP contribution in [0.15, 0.2) is 36.4 Å². The zero-order valence-corrected chi connectivity index (χ0v) is 23.5. The van der Waals surface area contributed by atoms with Gasteiger partial charge in [0.15, 0.2) is 0 Å². The Morgan fingerprint density at radius 3 is 1.51 bits per heavy atom. The average Bonchev–Trinajstić information content (AvgIpc) is 3.17. The van der Waals surface area contributed by atoms with Gasteiger partial charge >= 0.3 is 15.2 Å². The molecule has 2 aromatic rings. The Balaban J connectivity index is 1.91. The molecule has 0 saturated heterocycles. The Morgan fingerprint density at radius 1 is 0.657 bits per heavy atom. The van der Waals surface area contributed by atoms with Gasteiger partial charge in [0.05, 0.1) is 12.3 Å². The molecule has 35 heavy (non-hydrogen) atoms. The predicted octanol–water partition coefficient (Wildman–Crippen LogP) is 8.52. The van der Waals surface area contributed by atoms with E-state index in [1.165, 1.54) is 82.8 Å². The Hall–Kier alpha value is -1.26. The van der Waals surface area contributed by atoms with Crippen LogP contribution in [0.25, 0.3) is 11.1 Å². The van der Waals surface area contributed by atoms with E-state index in [9.17, 15) is 9.13 Å². The number of benzene rings is 2. The molecule has 0 aromatic heterocycles. The molecule has 0 spiro atoms. The van der Waals surface area contributed by atoms with Gasteiger partial charge in [-0.05, 0) is 39.8 Å². The fourth-order valence-corrected chi connectivity index (χ4v) is 7.05. The lowest BCUT2D eigenvalue weighted by Crippen LogP contribution is -2.00. The molecule has 0 fully saturated rings. The van der Waals surface area contributed by atoms with Crippen molar-refractivity contribution in [2.24, 2.45) is 0 Å². The van der Waals surface area contributed by atoms with Gasteiger partial charge in [0, 0.05) is 34.4 Å². The van der Waals surface area contributed by atoms with Gasteiger partial charge in [-0.15, -0.1) is 0 Å². The van der Waals surface area contributed by atoms with Crippen LogP contribution in [0.2, 0.25) is 0 Å². The van der Waals surface area contributed by atoms with Gasteiger partial charge in [-0.25, -0.2) is 0 Å². The van der Waals surface area contributed by atoms with Crippen molar-refractivity contribution in [1.29, 1.82) is 0 Å². The van der Waals surface area contributed by atoms with E-state index in [0.717, 1.165) is 24.0 Å². The van der Waals surface area contributed by atoms with Gasteiger partial charge in [0.1, 0.15) is 0 Å². The largest absolute Gasteiger partial charge is 0.334 e. The van der Waals surface area contributed by atoms with Gasteiger partial charge < -0.3 is 18.1 Å². The predicted molar refractivity (Wildman–Crippen MR) is 142 cm³/mol. The maximum atomic E-state index is 12.8. The molecule has 0 atom stereocenters. The Bertz CT molecular complexity index is 990. The summed E-state index contributed by atoms with van der Waals surface area (Å²) >= 11 is 0. The van der Waals surface area contributed by atoms with Crippen molar-refractivity contribution in [2.75, 3.05) is 28.4 Å². The van der Waals surface area contributed by atoms with E-state index in [4.69, 9.17) is 18.1 Å². The minimum Gasteiger partial charge on any atom is -0.312 e. The first-order valence-electron chi connectivity index (χ1n) is 12.5. The van der Waals surface area contributed by atoms with Crippen molar-refractivity contribution < 1.29 is 27.2 Å². The zero-order chi connectivity index (χ0) is 25.5. The molecule has 2 aromatic carbocycles. The van der Waals surface area contributed by atoms with Crippen molar-refractivity contribution in [3.05, 3.63) is 58.7 Å². The first-order valence-corrected chi connectivity index (χ1v) is 15.9. The molecule has 6 nitrogen and oxygen atoms in total. The third kappa shape index (κ3) is 6.95. The zero-order valence-electron chi connectivity index (χ0n) is 21.7. The summed E-state index contributed by atoms with van der Waals surface area (Å²) in [5.41, 5.74) is 6.81. The molecule has 0 unspecified atom stereocenters. The molecule has 0 bridgehead atoms. The normalized spacial score (nSPS) is 13.7. The third-order valence-electron chi connectivity index (χ3n) is 6.98. The molecule has 3 rings (SSSR count). The maximum absolute atomic E-state index is 12.8. The van der Waals surface area contributed by atoms with E-state index in [-0.39, 0.29) is 18.2 Å². The lowest BCUT2D eigenvalue weighted by atomic mass is 9.90. The minimum atomic E-state index is -3.16. The van der Waals surface area contributed by atoms with Crippen LogP contribution in [0, 0.1) is 0 Å². The molecule has 194 valence electrons. The molecule has 1 aliphatic rings. The van der Waals surface area contributed by atoms with Crippen LogP contribution >= 0.6 is 15.2 Å². The molecular weight excluding hydrogens is 482 g/mol. The van der Waals surface area contributed by atoms with Crippen LogP contribution < -0.4 is 0 Å². The lowest BCUT2D eigenvalue weighted by molar-refractivity contribution is 0.274. The highest BCUT2D eigenvalue weighted by molar-refractivity contribution is 7.53. The van der Waals surface area contributed by atoms with E-state index < -0.39 is 15.2 Å². The van der Waals surface area contributed by atoms with Gasteiger partial charge in [-0.3, -0.25) is 9.13 Å². The Kier molecular flexibility index (Phi) is 10.4. The van der Waals surface area contributed by atoms with Crippen LogP contribution in [-0.4, -0.2) is 28.4 Å². The SMILES string of the molecule is CCCCCCCCC1c2cc(CP(=O)(OC)OC)ccc2-c2ccc(CP(=O)(OC)OC)cc21. The molecule has 0 amide bonds. The van der Waals surface area contributed by atoms with Gasteiger partial charge in [-0.1, -0.05) is 81.8 Å². The molecule has 8 heteroatoms. The van der Waals surface area contributed by atoms with E-state index in [1.807, 2.05) is 12.1 Å². The standard InChI is InChI=1S/C27H40O6P2/c1-6-7-8-9-10-11-12-23-26-17-21(19-34(28,30-2)31-3)13-15-24(26)25-16-14-22(18-27(23)25)20-35(29,32-4)33-5/h13-18,23H,6-12,19-20H2,1-5H3. The van der Waals surface area contributed by atoms with Crippen LogP contribution in [0.1, 0.15) is 80.0 Å². The first-order chi connectivity index (χ1) is 16.8. The van der Waals surface area contributed by atoms with Gasteiger partial charge in [0.25, 0.3) is 0 Å². The topological polar surface area (TPSA) is 71.1 Å². The van der Waals surface area contributed by atoms with Crippen molar-refractivity contribution in [1.82, 2.24) is 0 Å². The summed E-state index contributed by atoms with van der Waals surface area (Å²) in [5.74, 6) is 0.236. The van der Waals surface area contributed by atoms with E-state index in [1.54, 1.807) is 0 Å². The highest BCUT2D eigenvalue weighted by Crippen LogP contribution is 2.54. The van der Waals surface area contributed by atoms with E-state index >= 15 is 0 Å². The Labute approximate surface area is 210 Å². The van der Waals surface area contributed by atoms with Crippen LogP contribution in [0.4, 0.5) is 0 Å². The third-order valence-corrected chi connectivity index (χ3v) is 10.7. The number of unbranched alkanes of at least 4 members (excludes halogenated alkanes) is 5. The molecule has 0 radical (unpaired) electrons. The van der Waals surface area contributed by atoms with E-state index in [2.05, 4.69) is 31.2 Å². The molecular formula is C27H40O6P2. The second-order valence-corrected chi connectivity index (χ2v) is 13.8. The summed E-state index contributed by atoms with van der Waals surface area (Å²) in [4.78, 5) is 0. The summed E-state index contributed by atoms with van der Waals surface area (Å²) in [5, 5.41) is 0.